The van der Waals surface area contributed by atoms with Crippen molar-refractivity contribution in [1.29, 1.82) is 0 Å². The zero-order valence-corrected chi connectivity index (χ0v) is 12.5. The molecule has 0 aliphatic heterocycles. The predicted octanol–water partition coefficient (Wildman–Crippen LogP) is 0.213. The number of carbonyl (C=O) groups is 3. The minimum Gasteiger partial charge on any atom is -0.451 e. The van der Waals surface area contributed by atoms with Gasteiger partial charge in [-0.1, -0.05) is 6.92 Å². The van der Waals surface area contributed by atoms with Crippen molar-refractivity contribution in [1.82, 2.24) is 15.2 Å². The highest BCUT2D eigenvalue weighted by Crippen LogP contribution is 2.01. The Labute approximate surface area is 123 Å². The molecule has 2 amide bonds. The third kappa shape index (κ3) is 5.29. The summed E-state index contributed by atoms with van der Waals surface area (Å²) in [6, 6.07) is 2.63. The normalized spacial score (nSPS) is 11.6. The lowest BCUT2D eigenvalue weighted by Crippen LogP contribution is -2.46. The second-order valence-corrected chi connectivity index (χ2v) is 4.66. The number of rotatable bonds is 7. The van der Waals surface area contributed by atoms with Crippen molar-refractivity contribution >= 4 is 17.8 Å². The Hall–Kier alpha value is -2.31. The quantitative estimate of drug-likeness (QED) is 0.704. The molecular formula is C14H21N3O4. The average molecular weight is 295 g/mol. The van der Waals surface area contributed by atoms with E-state index in [1.807, 2.05) is 6.92 Å². The van der Waals surface area contributed by atoms with E-state index in [0.29, 0.717) is 12.2 Å². The largest absolute Gasteiger partial charge is 0.451 e. The number of ether oxygens (including phenoxy) is 1. The summed E-state index contributed by atoms with van der Waals surface area (Å²) in [5.41, 5.74) is 0.358. The molecule has 7 nitrogen and oxygen atoms in total. The summed E-state index contributed by atoms with van der Waals surface area (Å²) in [5.74, 6) is -1.36. The molecule has 0 saturated carbocycles. The Morgan fingerprint density at radius 3 is 2.67 bits per heavy atom. The molecule has 2 N–H and O–H groups in total. The third-order valence-electron chi connectivity index (χ3n) is 2.81. The Morgan fingerprint density at radius 1 is 1.38 bits per heavy atom. The maximum atomic E-state index is 11.7. The zero-order valence-electron chi connectivity index (χ0n) is 12.5. The molecule has 0 radical (unpaired) electrons. The summed E-state index contributed by atoms with van der Waals surface area (Å²) >= 11 is 0. The van der Waals surface area contributed by atoms with Crippen molar-refractivity contribution in [2.45, 2.75) is 26.3 Å². The van der Waals surface area contributed by atoms with E-state index in [-0.39, 0.29) is 5.91 Å². The van der Waals surface area contributed by atoms with E-state index >= 15 is 0 Å². The van der Waals surface area contributed by atoms with Crippen molar-refractivity contribution in [3.05, 3.63) is 24.0 Å². The summed E-state index contributed by atoms with van der Waals surface area (Å²) in [5, 5.41) is 5.14. The van der Waals surface area contributed by atoms with Crippen LogP contribution in [0, 0.1) is 0 Å². The van der Waals surface area contributed by atoms with Crippen LogP contribution in [0.5, 0.6) is 0 Å². The van der Waals surface area contributed by atoms with Crippen molar-refractivity contribution in [3.63, 3.8) is 0 Å². The van der Waals surface area contributed by atoms with Crippen LogP contribution in [0.1, 0.15) is 30.8 Å². The Kier molecular flexibility index (Phi) is 6.45. The van der Waals surface area contributed by atoms with Crippen molar-refractivity contribution in [2.75, 3.05) is 13.2 Å². The van der Waals surface area contributed by atoms with Crippen LogP contribution in [-0.4, -0.2) is 41.5 Å². The molecule has 0 bridgehead atoms. The third-order valence-corrected chi connectivity index (χ3v) is 2.81. The van der Waals surface area contributed by atoms with Gasteiger partial charge in [-0.05, 0) is 25.5 Å². The molecular weight excluding hydrogens is 274 g/mol. The van der Waals surface area contributed by atoms with Gasteiger partial charge in [0.2, 0.25) is 5.91 Å². The first kappa shape index (κ1) is 16.7. The lowest BCUT2D eigenvalue weighted by Gasteiger charge is -2.13. The molecule has 0 unspecified atom stereocenters. The molecule has 1 aromatic heterocycles. The van der Waals surface area contributed by atoms with Crippen LogP contribution in [0.15, 0.2) is 18.3 Å². The fourth-order valence-electron chi connectivity index (χ4n) is 1.63. The van der Waals surface area contributed by atoms with Gasteiger partial charge in [-0.2, -0.15) is 0 Å². The molecule has 7 heteroatoms. The Balaban J connectivity index is 2.35. The van der Waals surface area contributed by atoms with Gasteiger partial charge >= 0.3 is 5.97 Å². The van der Waals surface area contributed by atoms with Crippen LogP contribution >= 0.6 is 0 Å². The SMILES string of the molecule is CCCNC(=O)[C@H](C)NC(=O)COC(=O)c1cccn1C. The molecule has 1 atom stereocenters. The average Bonchev–Trinajstić information content (AvgIpc) is 2.88. The van der Waals surface area contributed by atoms with Gasteiger partial charge in [0.05, 0.1) is 0 Å². The molecule has 0 saturated heterocycles. The topological polar surface area (TPSA) is 89.4 Å². The highest BCUT2D eigenvalue weighted by Gasteiger charge is 2.17. The molecule has 1 heterocycles. The number of hydrogen-bond donors (Lipinski definition) is 2. The van der Waals surface area contributed by atoms with E-state index in [4.69, 9.17) is 4.74 Å². The van der Waals surface area contributed by atoms with Gasteiger partial charge in [0.1, 0.15) is 11.7 Å². The summed E-state index contributed by atoms with van der Waals surface area (Å²) < 4.78 is 6.49. The number of esters is 1. The number of aromatic nitrogens is 1. The van der Waals surface area contributed by atoms with Gasteiger partial charge < -0.3 is 19.9 Å². The second-order valence-electron chi connectivity index (χ2n) is 4.66. The first-order valence-electron chi connectivity index (χ1n) is 6.81. The van der Waals surface area contributed by atoms with E-state index in [2.05, 4.69) is 10.6 Å². The lowest BCUT2D eigenvalue weighted by atomic mass is 10.3. The Bertz CT molecular complexity index is 510. The van der Waals surface area contributed by atoms with E-state index in [9.17, 15) is 14.4 Å². The summed E-state index contributed by atoms with van der Waals surface area (Å²) in [6.07, 6.45) is 2.53. The van der Waals surface area contributed by atoms with Crippen LogP contribution in [0.2, 0.25) is 0 Å². The first-order chi connectivity index (χ1) is 9.95. The maximum absolute atomic E-state index is 11.7. The van der Waals surface area contributed by atoms with Gasteiger partial charge in [0.25, 0.3) is 5.91 Å². The molecule has 0 aliphatic rings. The fourth-order valence-corrected chi connectivity index (χ4v) is 1.63. The molecule has 0 spiro atoms. The molecule has 1 aromatic rings. The van der Waals surface area contributed by atoms with Crippen LogP contribution < -0.4 is 10.6 Å². The lowest BCUT2D eigenvalue weighted by molar-refractivity contribution is -0.130. The zero-order chi connectivity index (χ0) is 15.8. The fraction of sp³-hybridized carbons (Fsp3) is 0.500. The van der Waals surface area contributed by atoms with Crippen LogP contribution in [0.3, 0.4) is 0 Å². The van der Waals surface area contributed by atoms with E-state index in [1.54, 1.807) is 36.9 Å². The van der Waals surface area contributed by atoms with Crippen molar-refractivity contribution in [2.24, 2.45) is 7.05 Å². The van der Waals surface area contributed by atoms with Crippen LogP contribution in [0.25, 0.3) is 0 Å². The van der Waals surface area contributed by atoms with E-state index < -0.39 is 24.5 Å². The highest BCUT2D eigenvalue weighted by molar-refractivity contribution is 5.91. The molecule has 0 fully saturated rings. The van der Waals surface area contributed by atoms with Crippen LogP contribution in [-0.2, 0) is 21.4 Å². The van der Waals surface area contributed by atoms with Gasteiger partial charge in [0, 0.05) is 19.8 Å². The van der Waals surface area contributed by atoms with E-state index in [0.717, 1.165) is 6.42 Å². The number of carbonyl (C=O) groups excluding carboxylic acids is 3. The van der Waals surface area contributed by atoms with Gasteiger partial charge in [0.15, 0.2) is 6.61 Å². The monoisotopic (exact) mass is 295 g/mol. The number of nitrogens with one attached hydrogen (secondary N) is 2. The smallest absolute Gasteiger partial charge is 0.355 e. The minimum absolute atomic E-state index is 0.265. The van der Waals surface area contributed by atoms with Crippen molar-refractivity contribution < 1.29 is 19.1 Å². The summed E-state index contributed by atoms with van der Waals surface area (Å²) in [4.78, 5) is 34.9. The van der Waals surface area contributed by atoms with Gasteiger partial charge in [-0.25, -0.2) is 4.79 Å². The first-order valence-corrected chi connectivity index (χ1v) is 6.81. The standard InChI is InChI=1S/C14H21N3O4/c1-4-7-15-13(19)10(2)16-12(18)9-21-14(20)11-6-5-8-17(11)3/h5-6,8,10H,4,7,9H2,1-3H3,(H,15,19)(H,16,18)/t10-/m0/s1. The highest BCUT2D eigenvalue weighted by atomic mass is 16.5. The predicted molar refractivity (Wildman–Crippen MR) is 76.6 cm³/mol. The number of aryl methyl sites for hydroxylation is 1. The molecule has 0 aromatic carbocycles. The van der Waals surface area contributed by atoms with E-state index in [1.165, 1.54) is 0 Å². The van der Waals surface area contributed by atoms with Gasteiger partial charge in [-0.15, -0.1) is 0 Å². The molecule has 116 valence electrons. The second kappa shape index (κ2) is 8.08. The molecule has 21 heavy (non-hydrogen) atoms. The number of amides is 2. The Morgan fingerprint density at radius 2 is 2.10 bits per heavy atom. The summed E-state index contributed by atoms with van der Waals surface area (Å²) in [6.45, 7) is 3.64. The number of nitrogens with zero attached hydrogens (tertiary/aromatic N) is 1. The summed E-state index contributed by atoms with van der Waals surface area (Å²) in [7, 11) is 1.71. The minimum atomic E-state index is -0.669. The molecule has 0 aliphatic carbocycles. The molecule has 1 rings (SSSR count). The van der Waals surface area contributed by atoms with Crippen LogP contribution in [0.4, 0.5) is 0 Å². The van der Waals surface area contributed by atoms with Gasteiger partial charge in [-0.3, -0.25) is 9.59 Å². The maximum Gasteiger partial charge on any atom is 0.355 e. The van der Waals surface area contributed by atoms with Crippen molar-refractivity contribution in [3.8, 4) is 0 Å². The number of hydrogen-bond acceptors (Lipinski definition) is 4.